The van der Waals surface area contributed by atoms with E-state index in [1.54, 1.807) is 0 Å². The highest BCUT2D eigenvalue weighted by molar-refractivity contribution is 7.81. The van der Waals surface area contributed by atoms with Gasteiger partial charge in [-0.3, -0.25) is 57.6 Å². The van der Waals surface area contributed by atoms with Gasteiger partial charge in [-0.1, -0.05) is 33.6 Å². The van der Waals surface area contributed by atoms with Gasteiger partial charge in [0.25, 0.3) is 11.8 Å². The number of ketones is 1. The molecule has 0 radical (unpaired) electrons. The first-order valence-corrected chi connectivity index (χ1v) is 35.5. The van der Waals surface area contributed by atoms with E-state index in [-0.39, 0.29) is 158 Å². The molecule has 0 spiro atoms. The average molecular weight is 1380 g/mol. The second-order valence-electron chi connectivity index (χ2n) is 22.4. The maximum absolute atomic E-state index is 13.8. The van der Waals surface area contributed by atoms with Crippen LogP contribution in [0, 0.1) is 6.66 Å². The van der Waals surface area contributed by atoms with Gasteiger partial charge in [0.2, 0.25) is 29.5 Å². The Labute approximate surface area is 551 Å². The standard InChI is InChI=1S/C60H92N10O19PS3/c1-59(2,3)90(4,79)89-38-10-6-5-8-32-61-52(72)15-11-16-56(76)67-60(42-86-39-29-53(73)62-33-9-7-14-51(71)45-17-23-48(24-18-45)68-91(80)81,43-87-40-30-54(74)63-34-12-36-65-57(77)46-19-25-49(26-20-46)69-92(82)83)44-88-41-31-55(75)64-35-13-37-66-58(78)47-21-27-50(28-22-47)70-93(84)85/h17-28,68-70H,4-16,29-44H2,1-3H3,(H,61,72)(H,62,73)(H,63,74)(H,64,75)(H,65,77)(H,66,78)(H,67,76)(H,80,81)(H,82,83)(H,84,85)/q-1/p-3. The van der Waals surface area contributed by atoms with Crippen LogP contribution in [0.15, 0.2) is 72.8 Å². The minimum atomic E-state index is -3.01. The lowest BCUT2D eigenvalue weighted by molar-refractivity contribution is -0.131. The van der Waals surface area contributed by atoms with Gasteiger partial charge in [-0.2, -0.15) is 0 Å². The third kappa shape index (κ3) is 36.6. The monoisotopic (exact) mass is 1380 g/mol. The second kappa shape index (κ2) is 44.9. The van der Waals surface area contributed by atoms with Crippen molar-refractivity contribution in [2.75, 3.05) is 99.7 Å². The number of carbonyl (C=O) groups is 8. The molecule has 29 nitrogen and oxygen atoms in total. The molecule has 93 heavy (non-hydrogen) atoms. The first-order valence-electron chi connectivity index (χ1n) is 30.4. The fourth-order valence-corrected chi connectivity index (χ4v) is 10.1. The van der Waals surface area contributed by atoms with E-state index in [0.29, 0.717) is 74.1 Å². The van der Waals surface area contributed by atoms with Gasteiger partial charge in [-0.05, 0) is 118 Å². The molecular weight excluding hydrogens is 1290 g/mol. The second-order valence-corrected chi connectivity index (χ2v) is 27.4. The van der Waals surface area contributed by atoms with Crippen LogP contribution in [0.3, 0.4) is 0 Å². The van der Waals surface area contributed by atoms with Gasteiger partial charge in [-0.15, -0.1) is 0 Å². The number of carbonyl (C=O) groups excluding carboxylic acids is 8. The first kappa shape index (κ1) is 80.7. The summed E-state index contributed by atoms with van der Waals surface area (Å²) >= 11 is -7.55. The lowest BCUT2D eigenvalue weighted by atomic mass is 10.0. The van der Waals surface area contributed by atoms with Crippen molar-refractivity contribution in [3.63, 3.8) is 0 Å². The Morgan fingerprint density at radius 3 is 1.16 bits per heavy atom. The molecule has 4 atom stereocenters. The van der Waals surface area contributed by atoms with Crippen LogP contribution in [0.4, 0.5) is 17.1 Å². The third-order valence-corrected chi connectivity index (χ3v) is 17.5. The van der Waals surface area contributed by atoms with Crippen molar-refractivity contribution in [2.45, 2.75) is 128 Å². The van der Waals surface area contributed by atoms with Gasteiger partial charge in [0.05, 0.1) is 53.6 Å². The number of hydrogen-bond donors (Lipinski definition) is 10. The van der Waals surface area contributed by atoms with Gasteiger partial charge >= 0.3 is 0 Å². The molecule has 520 valence electrons. The van der Waals surface area contributed by atoms with Crippen molar-refractivity contribution in [3.05, 3.63) is 96.2 Å². The topological polar surface area (TPSA) is 431 Å². The van der Waals surface area contributed by atoms with E-state index >= 15 is 0 Å². The summed E-state index contributed by atoms with van der Waals surface area (Å²) in [4.78, 5) is 103. The lowest BCUT2D eigenvalue weighted by Crippen LogP contribution is -2.58. The molecule has 3 aromatic carbocycles. The SMILES string of the molecule is [CH2-]P(=O)(OCCCCCCNC(=O)CCCC(=O)NC(COCCC(=O)NCCCCC(=O)c1ccc(NS(=O)[O-])cc1)(COCCC(=O)NCCCNC(=O)c1ccc(NS(=O)[O-])cc1)COCCC(=O)NCCCNC(=O)c1ccc(NS(=O)[O-])cc1)C(C)(C)C. The van der Waals surface area contributed by atoms with E-state index in [4.69, 9.17) is 18.7 Å². The molecule has 0 saturated carbocycles. The van der Waals surface area contributed by atoms with Gasteiger partial charge in [-0.25, -0.2) is 0 Å². The zero-order valence-corrected chi connectivity index (χ0v) is 56.2. The lowest BCUT2D eigenvalue weighted by Gasteiger charge is -2.34. The fourth-order valence-electron chi connectivity index (χ4n) is 8.28. The molecule has 3 aromatic rings. The predicted octanol–water partition coefficient (Wildman–Crippen LogP) is 4.45. The zero-order chi connectivity index (χ0) is 68.5. The maximum atomic E-state index is 13.8. The van der Waals surface area contributed by atoms with Crippen molar-refractivity contribution >= 4 is 105 Å². The highest BCUT2D eigenvalue weighted by atomic mass is 32.2. The van der Waals surface area contributed by atoms with Crippen LogP contribution in [-0.4, -0.2) is 170 Å². The summed E-state index contributed by atoms with van der Waals surface area (Å²) in [5.74, 6) is -2.86. The molecule has 0 heterocycles. The molecule has 0 fully saturated rings. The molecule has 0 bridgehead atoms. The number of unbranched alkanes of at least 4 members (excludes halogenated alkanes) is 4. The molecule has 4 unspecified atom stereocenters. The largest absolute Gasteiger partial charge is 0.755 e. The van der Waals surface area contributed by atoms with E-state index in [1.165, 1.54) is 72.8 Å². The molecule has 0 aromatic heterocycles. The molecule has 33 heteroatoms. The van der Waals surface area contributed by atoms with E-state index in [2.05, 4.69) is 58.0 Å². The predicted molar refractivity (Wildman–Crippen MR) is 349 cm³/mol. The molecular formula is C60H89N10O19PS3-4. The van der Waals surface area contributed by atoms with Crippen LogP contribution >= 0.6 is 7.37 Å². The zero-order valence-electron chi connectivity index (χ0n) is 52.9. The average Bonchev–Trinajstić information content (AvgIpc) is 1.20. The van der Waals surface area contributed by atoms with Crippen molar-refractivity contribution < 1.29 is 87.9 Å². The summed E-state index contributed by atoms with van der Waals surface area (Å²) in [7, 11) is -3.01. The van der Waals surface area contributed by atoms with Gasteiger partial charge in [0.1, 0.15) is 5.54 Å². The van der Waals surface area contributed by atoms with E-state index in [9.17, 15) is 69.2 Å². The van der Waals surface area contributed by atoms with Crippen molar-refractivity contribution in [2.24, 2.45) is 0 Å². The summed E-state index contributed by atoms with van der Waals surface area (Å²) in [6.07, 6.45) is 4.55. The number of rotatable bonds is 50. The summed E-state index contributed by atoms with van der Waals surface area (Å²) in [6.45, 7) is 9.74. The molecule has 0 aliphatic carbocycles. The van der Waals surface area contributed by atoms with Crippen LogP contribution in [0.25, 0.3) is 0 Å². The van der Waals surface area contributed by atoms with Crippen molar-refractivity contribution in [3.8, 4) is 0 Å². The van der Waals surface area contributed by atoms with Gasteiger partial charge in [0.15, 0.2) is 5.78 Å². The Kier molecular flexibility index (Phi) is 39.0. The minimum Gasteiger partial charge on any atom is -0.755 e. The minimum absolute atomic E-state index is 0.0285. The number of ether oxygens (including phenoxy) is 3. The molecule has 10 N–H and O–H groups in total. The summed E-state index contributed by atoms with van der Waals surface area (Å²) in [5, 5.41) is 19.0. The summed E-state index contributed by atoms with van der Waals surface area (Å²) < 4.78 is 108. The Hall–Kier alpha value is -6.58. The van der Waals surface area contributed by atoms with Crippen LogP contribution in [0.5, 0.6) is 0 Å². The van der Waals surface area contributed by atoms with Gasteiger partial charge in [0, 0.05) is 151 Å². The smallest absolute Gasteiger partial charge is 0.251 e. The molecule has 3 rings (SSSR count). The van der Waals surface area contributed by atoms with Crippen LogP contribution in [0.2, 0.25) is 0 Å². The van der Waals surface area contributed by atoms with E-state index < -0.39 is 69.6 Å². The van der Waals surface area contributed by atoms with Crippen LogP contribution < -0.4 is 51.4 Å². The maximum Gasteiger partial charge on any atom is 0.251 e. The summed E-state index contributed by atoms with van der Waals surface area (Å²) in [6, 6.07) is 17.5. The number of benzene rings is 3. The van der Waals surface area contributed by atoms with Crippen LogP contribution in [0.1, 0.15) is 148 Å². The fraction of sp³-hybridized carbons (Fsp3) is 0.550. The number of hydrogen-bond acceptors (Lipinski definition) is 19. The van der Waals surface area contributed by atoms with Crippen molar-refractivity contribution in [1.29, 1.82) is 0 Å². The number of Topliss-reactive ketones (excluding diaryl/α,β-unsaturated/α-hetero) is 1. The van der Waals surface area contributed by atoms with E-state index in [0.717, 1.165) is 12.8 Å². The molecule has 7 amide bonds. The molecule has 0 aliphatic heterocycles. The molecule has 0 saturated heterocycles. The highest BCUT2D eigenvalue weighted by Crippen LogP contribution is 2.57. The molecule has 0 aliphatic rings. The Balaban J connectivity index is 1.61. The first-order chi connectivity index (χ1) is 44.3. The van der Waals surface area contributed by atoms with Crippen molar-refractivity contribution in [1.82, 2.24) is 37.2 Å². The number of amides is 7. The van der Waals surface area contributed by atoms with Gasteiger partial charge < -0.3 is 88.3 Å². The Morgan fingerprint density at radius 1 is 0.419 bits per heavy atom. The number of anilines is 3. The third-order valence-electron chi connectivity index (χ3n) is 13.7. The summed E-state index contributed by atoms with van der Waals surface area (Å²) in [5.41, 5.74) is 0.400. The van der Waals surface area contributed by atoms with E-state index in [1.807, 2.05) is 20.8 Å². The van der Waals surface area contributed by atoms with Crippen LogP contribution in [-0.2, 0) is 81.1 Å². The number of nitrogens with one attached hydrogen (secondary N) is 10. The highest BCUT2D eigenvalue weighted by Gasteiger charge is 2.34. The Bertz CT molecular complexity index is 2700. The normalized spacial score (nSPS) is 13.5. The Morgan fingerprint density at radius 2 is 0.763 bits per heavy atom. The quantitative estimate of drug-likeness (QED) is 0.0123.